The van der Waals surface area contributed by atoms with Gasteiger partial charge in [0.05, 0.1) is 6.61 Å². The average Bonchev–Trinajstić information content (AvgIpc) is 2.47. The molecule has 0 aromatic heterocycles. The minimum Gasteiger partial charge on any atom is -0.493 e. The lowest BCUT2D eigenvalue weighted by Gasteiger charge is -2.31. The number of fused-ring (bicyclic) bond motifs is 1. The van der Waals surface area contributed by atoms with Crippen molar-refractivity contribution in [3.8, 4) is 11.5 Å². The Morgan fingerprint density at radius 1 is 1.24 bits per heavy atom. The Morgan fingerprint density at radius 2 is 2.05 bits per heavy atom. The Kier molecular flexibility index (Phi) is 3.80. The molecule has 0 radical (unpaired) electrons. The number of benzene rings is 2. The van der Waals surface area contributed by atoms with Gasteiger partial charge in [0, 0.05) is 29.7 Å². The monoisotopic (exact) mass is 287 g/mol. The number of hydrogen-bond acceptors (Lipinski definition) is 3. The SMILES string of the molecule is CCOc1ccccc1C1C[C@H](N)c2ccc(F)cc2O1. The Balaban J connectivity index is 1.95. The van der Waals surface area contributed by atoms with Gasteiger partial charge in [-0.05, 0) is 19.1 Å². The maximum Gasteiger partial charge on any atom is 0.129 e. The van der Waals surface area contributed by atoms with Crippen LogP contribution in [0, 0.1) is 5.82 Å². The predicted octanol–water partition coefficient (Wildman–Crippen LogP) is 3.75. The zero-order chi connectivity index (χ0) is 14.8. The molecule has 0 spiro atoms. The lowest BCUT2D eigenvalue weighted by molar-refractivity contribution is 0.156. The van der Waals surface area contributed by atoms with Gasteiger partial charge >= 0.3 is 0 Å². The van der Waals surface area contributed by atoms with Gasteiger partial charge in [0.2, 0.25) is 0 Å². The first-order valence-electron chi connectivity index (χ1n) is 7.12. The van der Waals surface area contributed by atoms with E-state index in [0.29, 0.717) is 18.8 Å². The Hall–Kier alpha value is -2.07. The molecule has 1 aliphatic rings. The molecule has 3 nitrogen and oxygen atoms in total. The van der Waals surface area contributed by atoms with E-state index >= 15 is 0 Å². The molecule has 21 heavy (non-hydrogen) atoms. The van der Waals surface area contributed by atoms with Crippen LogP contribution in [0.3, 0.4) is 0 Å². The number of para-hydroxylation sites is 1. The zero-order valence-corrected chi connectivity index (χ0v) is 11.9. The molecule has 1 aliphatic heterocycles. The predicted molar refractivity (Wildman–Crippen MR) is 78.9 cm³/mol. The highest BCUT2D eigenvalue weighted by atomic mass is 19.1. The second kappa shape index (κ2) is 5.74. The van der Waals surface area contributed by atoms with Crippen molar-refractivity contribution >= 4 is 0 Å². The summed E-state index contributed by atoms with van der Waals surface area (Å²) >= 11 is 0. The van der Waals surface area contributed by atoms with Crippen LogP contribution in [0.5, 0.6) is 11.5 Å². The van der Waals surface area contributed by atoms with Gasteiger partial charge in [-0.25, -0.2) is 4.39 Å². The van der Waals surface area contributed by atoms with E-state index < -0.39 is 0 Å². The fourth-order valence-electron chi connectivity index (χ4n) is 2.70. The van der Waals surface area contributed by atoms with E-state index in [4.69, 9.17) is 15.2 Å². The molecule has 4 heteroatoms. The van der Waals surface area contributed by atoms with Crippen LogP contribution < -0.4 is 15.2 Å². The molecule has 2 aromatic carbocycles. The van der Waals surface area contributed by atoms with Crippen molar-refractivity contribution in [3.05, 3.63) is 59.4 Å². The second-order valence-corrected chi connectivity index (χ2v) is 5.10. The molecule has 0 saturated carbocycles. The summed E-state index contributed by atoms with van der Waals surface area (Å²) in [4.78, 5) is 0. The Bertz CT molecular complexity index is 644. The van der Waals surface area contributed by atoms with Crippen molar-refractivity contribution in [1.29, 1.82) is 0 Å². The molecule has 1 unspecified atom stereocenters. The van der Waals surface area contributed by atoms with Crippen LogP contribution in [0.25, 0.3) is 0 Å². The van der Waals surface area contributed by atoms with E-state index in [-0.39, 0.29) is 18.0 Å². The van der Waals surface area contributed by atoms with Gasteiger partial charge in [0.1, 0.15) is 23.4 Å². The summed E-state index contributed by atoms with van der Waals surface area (Å²) in [6, 6.07) is 12.1. The molecule has 0 amide bonds. The van der Waals surface area contributed by atoms with Crippen molar-refractivity contribution in [2.24, 2.45) is 5.73 Å². The molecule has 2 aromatic rings. The summed E-state index contributed by atoms with van der Waals surface area (Å²) < 4.78 is 25.0. The highest BCUT2D eigenvalue weighted by molar-refractivity contribution is 5.42. The van der Waals surface area contributed by atoms with Crippen molar-refractivity contribution < 1.29 is 13.9 Å². The third-order valence-corrected chi connectivity index (χ3v) is 3.68. The summed E-state index contributed by atoms with van der Waals surface area (Å²) in [6.45, 7) is 2.52. The summed E-state index contributed by atoms with van der Waals surface area (Å²) in [5, 5.41) is 0. The van der Waals surface area contributed by atoms with Crippen molar-refractivity contribution in [1.82, 2.24) is 0 Å². The summed E-state index contributed by atoms with van der Waals surface area (Å²) in [7, 11) is 0. The maximum absolute atomic E-state index is 13.4. The molecular formula is C17H18FNO2. The van der Waals surface area contributed by atoms with E-state index in [9.17, 15) is 4.39 Å². The van der Waals surface area contributed by atoms with Gasteiger partial charge in [0.15, 0.2) is 0 Å². The summed E-state index contributed by atoms with van der Waals surface area (Å²) in [5.41, 5.74) is 8.00. The molecule has 1 heterocycles. The molecule has 0 saturated heterocycles. The fraction of sp³-hybridized carbons (Fsp3) is 0.294. The molecule has 0 bridgehead atoms. The summed E-state index contributed by atoms with van der Waals surface area (Å²) in [5.74, 6) is 0.988. The first-order chi connectivity index (χ1) is 10.2. The fourth-order valence-corrected chi connectivity index (χ4v) is 2.70. The molecule has 0 fully saturated rings. The van der Waals surface area contributed by atoms with Crippen LogP contribution in [-0.4, -0.2) is 6.61 Å². The lowest BCUT2D eigenvalue weighted by Crippen LogP contribution is -2.24. The first-order valence-corrected chi connectivity index (χ1v) is 7.12. The van der Waals surface area contributed by atoms with E-state index in [1.54, 1.807) is 6.07 Å². The van der Waals surface area contributed by atoms with Crippen LogP contribution in [0.2, 0.25) is 0 Å². The van der Waals surface area contributed by atoms with Gasteiger partial charge in [-0.2, -0.15) is 0 Å². The van der Waals surface area contributed by atoms with E-state index in [1.807, 2.05) is 31.2 Å². The zero-order valence-electron chi connectivity index (χ0n) is 11.9. The molecule has 3 rings (SSSR count). The van der Waals surface area contributed by atoms with Gasteiger partial charge in [-0.15, -0.1) is 0 Å². The highest BCUT2D eigenvalue weighted by Gasteiger charge is 2.29. The summed E-state index contributed by atoms with van der Waals surface area (Å²) in [6.07, 6.45) is 0.417. The lowest BCUT2D eigenvalue weighted by atomic mass is 9.93. The van der Waals surface area contributed by atoms with Crippen molar-refractivity contribution in [2.75, 3.05) is 6.61 Å². The molecule has 0 aliphatic carbocycles. The van der Waals surface area contributed by atoms with Gasteiger partial charge in [0.25, 0.3) is 0 Å². The number of nitrogens with two attached hydrogens (primary N) is 1. The van der Waals surface area contributed by atoms with Crippen LogP contribution in [-0.2, 0) is 0 Å². The molecular weight excluding hydrogens is 269 g/mol. The van der Waals surface area contributed by atoms with E-state index in [2.05, 4.69) is 0 Å². The van der Waals surface area contributed by atoms with Crippen molar-refractivity contribution in [3.63, 3.8) is 0 Å². The average molecular weight is 287 g/mol. The third-order valence-electron chi connectivity index (χ3n) is 3.68. The Morgan fingerprint density at radius 3 is 2.86 bits per heavy atom. The normalized spacial score (nSPS) is 20.5. The van der Waals surface area contributed by atoms with E-state index in [1.165, 1.54) is 12.1 Å². The highest BCUT2D eigenvalue weighted by Crippen LogP contribution is 2.42. The van der Waals surface area contributed by atoms with Gasteiger partial charge in [-0.3, -0.25) is 0 Å². The molecule has 110 valence electrons. The largest absolute Gasteiger partial charge is 0.493 e. The molecule has 2 N–H and O–H groups in total. The van der Waals surface area contributed by atoms with Crippen LogP contribution in [0.4, 0.5) is 4.39 Å². The minimum absolute atomic E-state index is 0.172. The first kappa shape index (κ1) is 13.9. The van der Waals surface area contributed by atoms with Crippen LogP contribution >= 0.6 is 0 Å². The molecule has 2 atom stereocenters. The number of halogens is 1. The smallest absolute Gasteiger partial charge is 0.129 e. The quantitative estimate of drug-likeness (QED) is 0.935. The van der Waals surface area contributed by atoms with E-state index in [0.717, 1.165) is 16.9 Å². The second-order valence-electron chi connectivity index (χ2n) is 5.10. The number of rotatable bonds is 3. The van der Waals surface area contributed by atoms with Crippen LogP contribution in [0.1, 0.15) is 36.6 Å². The third kappa shape index (κ3) is 2.72. The number of hydrogen-bond donors (Lipinski definition) is 1. The van der Waals surface area contributed by atoms with Gasteiger partial charge < -0.3 is 15.2 Å². The Labute approximate surface area is 123 Å². The van der Waals surface area contributed by atoms with Crippen LogP contribution in [0.15, 0.2) is 42.5 Å². The topological polar surface area (TPSA) is 44.5 Å². The standard InChI is InChI=1S/C17H18FNO2/c1-2-20-15-6-4-3-5-13(15)17-10-14(19)12-8-7-11(18)9-16(12)21-17/h3-9,14,17H,2,10,19H2,1H3/t14-,17?/m0/s1. The minimum atomic E-state index is -0.320. The van der Waals surface area contributed by atoms with Gasteiger partial charge in [-0.1, -0.05) is 24.3 Å². The number of ether oxygens (including phenoxy) is 2. The maximum atomic E-state index is 13.4. The van der Waals surface area contributed by atoms with Crippen molar-refractivity contribution in [2.45, 2.75) is 25.5 Å².